The molecule has 2 saturated heterocycles. The number of aromatic nitrogens is 1. The van der Waals surface area contributed by atoms with E-state index in [1.807, 2.05) is 13.0 Å². The summed E-state index contributed by atoms with van der Waals surface area (Å²) in [6, 6.07) is 2.10. The minimum absolute atomic E-state index is 0.0815. The smallest absolute Gasteiger partial charge is 0.270 e. The van der Waals surface area contributed by atoms with Crippen molar-refractivity contribution in [2.45, 2.75) is 59.4 Å². The highest BCUT2D eigenvalue weighted by Gasteiger charge is 2.33. The Labute approximate surface area is 212 Å². The zero-order valence-electron chi connectivity index (χ0n) is 20.7. The minimum atomic E-state index is -0.270. The molecule has 0 spiro atoms. The molecule has 0 radical (unpaired) electrons. The second kappa shape index (κ2) is 12.0. The van der Waals surface area contributed by atoms with E-state index in [9.17, 15) is 14.9 Å². The molecule has 3 rings (SSSR count). The van der Waals surface area contributed by atoms with Gasteiger partial charge in [0.25, 0.3) is 11.5 Å². The van der Waals surface area contributed by atoms with E-state index in [0.717, 1.165) is 50.4 Å². The molecule has 0 saturated carbocycles. The summed E-state index contributed by atoms with van der Waals surface area (Å²) >= 11 is 6.85. The fourth-order valence-corrected chi connectivity index (χ4v) is 5.78. The lowest BCUT2D eigenvalue weighted by atomic mass is 10.0. The highest BCUT2D eigenvalue weighted by molar-refractivity contribution is 8.26. The van der Waals surface area contributed by atoms with Crippen LogP contribution in [0.4, 0.5) is 5.82 Å². The van der Waals surface area contributed by atoms with Crippen LogP contribution in [0.2, 0.25) is 0 Å². The van der Waals surface area contributed by atoms with Gasteiger partial charge in [0.05, 0.1) is 4.91 Å². The second-order valence-electron chi connectivity index (χ2n) is 8.94. The number of unbranched alkanes of at least 4 members (excludes halogenated alkanes) is 4. The number of rotatable bonds is 9. The van der Waals surface area contributed by atoms with Crippen LogP contribution in [0.15, 0.2) is 9.70 Å². The third-order valence-corrected chi connectivity index (χ3v) is 7.98. The molecule has 2 fully saturated rings. The van der Waals surface area contributed by atoms with Gasteiger partial charge in [-0.15, -0.1) is 0 Å². The average Bonchev–Trinajstić information content (AvgIpc) is 3.08. The average molecular weight is 502 g/mol. The van der Waals surface area contributed by atoms with Crippen LogP contribution in [0.25, 0.3) is 6.08 Å². The van der Waals surface area contributed by atoms with E-state index in [4.69, 9.17) is 12.2 Å². The summed E-state index contributed by atoms with van der Waals surface area (Å²) in [5.41, 5.74) is 1.26. The van der Waals surface area contributed by atoms with Gasteiger partial charge in [0, 0.05) is 44.8 Å². The maximum Gasteiger partial charge on any atom is 0.270 e. The van der Waals surface area contributed by atoms with E-state index in [0.29, 0.717) is 27.9 Å². The third kappa shape index (κ3) is 5.56. The van der Waals surface area contributed by atoms with Gasteiger partial charge in [0.1, 0.15) is 21.8 Å². The molecular weight excluding hydrogens is 466 g/mol. The maximum absolute atomic E-state index is 13.3. The molecule has 7 nitrogen and oxygen atoms in total. The molecule has 0 bridgehead atoms. The minimum Gasteiger partial charge on any atom is -0.355 e. The molecule has 1 amide bonds. The molecule has 34 heavy (non-hydrogen) atoms. The lowest BCUT2D eigenvalue weighted by Gasteiger charge is -2.36. The van der Waals surface area contributed by atoms with Gasteiger partial charge in [-0.25, -0.2) is 0 Å². The zero-order chi connectivity index (χ0) is 24.8. The van der Waals surface area contributed by atoms with E-state index < -0.39 is 0 Å². The Morgan fingerprint density at radius 2 is 1.76 bits per heavy atom. The van der Waals surface area contributed by atoms with Gasteiger partial charge < -0.3 is 9.80 Å². The molecule has 0 N–H and O–H groups in total. The maximum atomic E-state index is 13.3. The van der Waals surface area contributed by atoms with Crippen molar-refractivity contribution in [3.63, 3.8) is 0 Å². The SMILES string of the molecule is CCCCCCCN1C(=O)/C(=C/c2c(C)c(C#N)c(=O)n(CC)c2N2CCN(C)CC2)SC1=S. The molecule has 2 aliphatic rings. The summed E-state index contributed by atoms with van der Waals surface area (Å²) < 4.78 is 2.26. The number of anilines is 1. The largest absolute Gasteiger partial charge is 0.355 e. The number of carbonyl (C=O) groups is 1. The predicted octanol–water partition coefficient (Wildman–Crippen LogP) is 3.97. The Morgan fingerprint density at radius 3 is 2.38 bits per heavy atom. The number of nitrogens with zero attached hydrogens (tertiary/aromatic N) is 5. The number of hydrogen-bond donors (Lipinski definition) is 0. The van der Waals surface area contributed by atoms with Crippen LogP contribution in [0.1, 0.15) is 62.6 Å². The Morgan fingerprint density at radius 1 is 1.09 bits per heavy atom. The molecule has 3 heterocycles. The predicted molar refractivity (Wildman–Crippen MR) is 144 cm³/mol. The molecule has 184 valence electrons. The summed E-state index contributed by atoms with van der Waals surface area (Å²) in [4.78, 5) is 33.1. The molecule has 2 aliphatic heterocycles. The quantitative estimate of drug-likeness (QED) is 0.288. The number of thioether (sulfide) groups is 1. The van der Waals surface area contributed by atoms with Gasteiger partial charge in [-0.05, 0) is 39.0 Å². The van der Waals surface area contributed by atoms with E-state index >= 15 is 0 Å². The first-order valence-corrected chi connectivity index (χ1v) is 13.4. The van der Waals surface area contributed by atoms with Crippen molar-refractivity contribution < 1.29 is 4.79 Å². The number of hydrogen-bond acceptors (Lipinski definition) is 7. The standard InChI is InChI=1S/C25H35N5O2S2/c1-5-7-8-9-10-11-30-24(32)21(34-25(30)33)16-19-18(3)20(17-26)23(31)29(6-2)22(19)28-14-12-27(4)13-15-28/h16H,5-15H2,1-4H3/b21-16-. The highest BCUT2D eigenvalue weighted by Crippen LogP contribution is 2.36. The number of pyridine rings is 1. The van der Waals surface area contributed by atoms with Crippen LogP contribution in [0.3, 0.4) is 0 Å². The number of piperazine rings is 1. The molecule has 0 unspecified atom stereocenters. The number of carbonyl (C=O) groups excluding carboxylic acids is 1. The molecule has 1 aromatic heterocycles. The molecule has 0 atom stereocenters. The summed E-state index contributed by atoms with van der Waals surface area (Å²) in [6.07, 6.45) is 7.44. The van der Waals surface area contributed by atoms with E-state index in [-0.39, 0.29) is 17.0 Å². The van der Waals surface area contributed by atoms with Crippen molar-refractivity contribution >= 4 is 46.1 Å². The first-order valence-electron chi connectivity index (χ1n) is 12.2. The Bertz CT molecular complexity index is 1060. The van der Waals surface area contributed by atoms with Crippen molar-refractivity contribution in [3.8, 4) is 6.07 Å². The molecule has 9 heteroatoms. The lowest BCUT2D eigenvalue weighted by Crippen LogP contribution is -2.47. The number of nitriles is 1. The third-order valence-electron chi connectivity index (χ3n) is 6.60. The topological polar surface area (TPSA) is 72.6 Å². The molecular formula is C25H35N5O2S2. The molecule has 1 aromatic rings. The van der Waals surface area contributed by atoms with Crippen molar-refractivity contribution in [2.24, 2.45) is 0 Å². The van der Waals surface area contributed by atoms with Gasteiger partial charge in [-0.1, -0.05) is 56.6 Å². The first kappa shape index (κ1) is 26.5. The van der Waals surface area contributed by atoms with E-state index in [1.165, 1.54) is 31.0 Å². The van der Waals surface area contributed by atoms with E-state index in [2.05, 4.69) is 29.8 Å². The monoisotopic (exact) mass is 501 g/mol. The van der Waals surface area contributed by atoms with Crippen molar-refractivity contribution in [1.29, 1.82) is 5.26 Å². The summed E-state index contributed by atoms with van der Waals surface area (Å²) in [6.45, 7) is 10.3. The lowest BCUT2D eigenvalue weighted by molar-refractivity contribution is -0.122. The van der Waals surface area contributed by atoms with Crippen LogP contribution in [0, 0.1) is 18.3 Å². The molecule has 0 aliphatic carbocycles. The van der Waals surface area contributed by atoms with Crippen LogP contribution in [-0.2, 0) is 11.3 Å². The van der Waals surface area contributed by atoms with Crippen molar-refractivity contribution in [3.05, 3.63) is 31.9 Å². The zero-order valence-corrected chi connectivity index (χ0v) is 22.4. The van der Waals surface area contributed by atoms with Gasteiger partial charge in [0.15, 0.2) is 0 Å². The fourth-order valence-electron chi connectivity index (χ4n) is 4.49. The van der Waals surface area contributed by atoms with Crippen LogP contribution < -0.4 is 10.5 Å². The van der Waals surface area contributed by atoms with E-state index in [1.54, 1.807) is 16.4 Å². The van der Waals surface area contributed by atoms with Crippen LogP contribution >= 0.6 is 24.0 Å². The number of likely N-dealkylation sites (N-methyl/N-ethyl adjacent to an activating group) is 1. The van der Waals surface area contributed by atoms with Gasteiger partial charge in [-0.2, -0.15) is 5.26 Å². The van der Waals surface area contributed by atoms with Gasteiger partial charge >= 0.3 is 0 Å². The Hall–Kier alpha value is -2.15. The summed E-state index contributed by atoms with van der Waals surface area (Å²) in [5, 5.41) is 9.73. The number of amides is 1. The summed E-state index contributed by atoms with van der Waals surface area (Å²) in [5.74, 6) is 0.712. The Balaban J connectivity index is 2.00. The highest BCUT2D eigenvalue weighted by atomic mass is 32.2. The van der Waals surface area contributed by atoms with Gasteiger partial charge in [0.2, 0.25) is 0 Å². The fraction of sp³-hybridized carbons (Fsp3) is 0.600. The molecule has 0 aromatic carbocycles. The van der Waals surface area contributed by atoms with Gasteiger partial charge in [-0.3, -0.25) is 19.1 Å². The number of thiocarbonyl (C=S) groups is 1. The summed E-state index contributed by atoms with van der Waals surface area (Å²) in [7, 11) is 2.09. The van der Waals surface area contributed by atoms with Crippen LogP contribution in [0.5, 0.6) is 0 Å². The second-order valence-corrected chi connectivity index (χ2v) is 10.6. The normalized spacial score (nSPS) is 18.3. The Kier molecular flexibility index (Phi) is 9.34. The first-order chi connectivity index (χ1) is 16.3. The van der Waals surface area contributed by atoms with Crippen molar-refractivity contribution in [2.75, 3.05) is 44.7 Å². The van der Waals surface area contributed by atoms with Crippen molar-refractivity contribution in [1.82, 2.24) is 14.4 Å². The van der Waals surface area contributed by atoms with Crippen LogP contribution in [-0.4, -0.2) is 64.4 Å².